The second-order valence-electron chi connectivity index (χ2n) is 7.80. The summed E-state index contributed by atoms with van der Waals surface area (Å²) >= 11 is 0. The fraction of sp³-hybridized carbons (Fsp3) is 0.524. The number of morpholine rings is 1. The molecule has 2 atom stereocenters. The molecule has 33 heavy (non-hydrogen) atoms. The van der Waals surface area contributed by atoms with Gasteiger partial charge in [-0.1, -0.05) is 12.5 Å². The van der Waals surface area contributed by atoms with Gasteiger partial charge in [-0.2, -0.15) is 13.2 Å². The molecule has 12 heteroatoms. The minimum absolute atomic E-state index is 0.231. The third-order valence-corrected chi connectivity index (χ3v) is 5.55. The average Bonchev–Trinajstić information content (AvgIpc) is 3.16. The lowest BCUT2D eigenvalue weighted by molar-refractivity contribution is -0.192. The van der Waals surface area contributed by atoms with Crippen LogP contribution in [-0.4, -0.2) is 64.1 Å². The summed E-state index contributed by atoms with van der Waals surface area (Å²) in [5.74, 6) is -2.27. The van der Waals surface area contributed by atoms with E-state index in [1.807, 2.05) is 18.3 Å². The van der Waals surface area contributed by atoms with Crippen molar-refractivity contribution in [3.8, 4) is 0 Å². The summed E-state index contributed by atoms with van der Waals surface area (Å²) in [5, 5.41) is 7.12. The van der Waals surface area contributed by atoms with E-state index in [2.05, 4.69) is 19.9 Å². The number of carbonyl (C=O) groups is 1. The molecule has 2 aliphatic rings. The summed E-state index contributed by atoms with van der Waals surface area (Å²) in [4.78, 5) is 23.4. The Labute approximate surface area is 187 Å². The van der Waals surface area contributed by atoms with Crippen molar-refractivity contribution in [1.29, 1.82) is 0 Å². The lowest BCUT2D eigenvalue weighted by Crippen LogP contribution is -2.55. The first-order chi connectivity index (χ1) is 15.7. The van der Waals surface area contributed by atoms with Gasteiger partial charge in [0.05, 0.1) is 44.4 Å². The quantitative estimate of drug-likeness (QED) is 0.663. The van der Waals surface area contributed by atoms with Crippen molar-refractivity contribution >= 4 is 11.9 Å². The Balaban J connectivity index is 0.000000383. The summed E-state index contributed by atoms with van der Waals surface area (Å²) in [7, 11) is 0. The van der Waals surface area contributed by atoms with Crippen molar-refractivity contribution in [1.82, 2.24) is 15.0 Å². The van der Waals surface area contributed by atoms with E-state index >= 15 is 0 Å². The molecule has 1 aliphatic carbocycles. The fourth-order valence-electron chi connectivity index (χ4n) is 4.00. The number of halogens is 4. The van der Waals surface area contributed by atoms with Gasteiger partial charge in [0.15, 0.2) is 5.82 Å². The molecule has 3 heterocycles. The number of rotatable bonds is 5. The van der Waals surface area contributed by atoms with E-state index in [9.17, 15) is 17.6 Å². The summed E-state index contributed by atoms with van der Waals surface area (Å²) in [6.07, 6.45) is 4.16. The van der Waals surface area contributed by atoms with Crippen LogP contribution in [-0.2, 0) is 20.9 Å². The predicted octanol–water partition coefficient (Wildman–Crippen LogP) is 3.24. The van der Waals surface area contributed by atoms with Crippen LogP contribution in [0, 0.1) is 11.7 Å². The molecule has 8 nitrogen and oxygen atoms in total. The molecule has 2 aromatic rings. The number of aliphatic carboxylic acids is 1. The molecule has 0 radical (unpaired) electrons. The molecule has 1 spiro atoms. The first-order valence-electron chi connectivity index (χ1n) is 10.3. The van der Waals surface area contributed by atoms with Crippen LogP contribution in [0.15, 0.2) is 36.9 Å². The van der Waals surface area contributed by atoms with Crippen molar-refractivity contribution in [3.63, 3.8) is 0 Å². The summed E-state index contributed by atoms with van der Waals surface area (Å²) in [5.41, 5.74) is 0.843. The molecule has 0 aromatic carbocycles. The Morgan fingerprint density at radius 2 is 2.03 bits per heavy atom. The second kappa shape index (κ2) is 10.8. The largest absolute Gasteiger partial charge is 0.490 e. The highest BCUT2D eigenvalue weighted by molar-refractivity contribution is 5.73. The number of pyridine rings is 1. The minimum atomic E-state index is -5.08. The zero-order chi connectivity index (χ0) is 23.9. The molecule has 1 saturated carbocycles. The van der Waals surface area contributed by atoms with Crippen molar-refractivity contribution < 1.29 is 36.9 Å². The Morgan fingerprint density at radius 1 is 1.30 bits per heavy atom. The van der Waals surface area contributed by atoms with Crippen LogP contribution in [0.4, 0.5) is 23.5 Å². The average molecular weight is 472 g/mol. The Bertz CT molecular complexity index is 901. The zero-order valence-electron chi connectivity index (χ0n) is 17.7. The van der Waals surface area contributed by atoms with Crippen LogP contribution >= 0.6 is 0 Å². The van der Waals surface area contributed by atoms with Gasteiger partial charge in [-0.3, -0.25) is 4.98 Å². The number of ether oxygens (including phenoxy) is 2. The van der Waals surface area contributed by atoms with Crippen LogP contribution in [0.5, 0.6) is 0 Å². The maximum Gasteiger partial charge on any atom is 0.490 e. The standard InChI is InChI=1S/C19H23FN4O2.C2HF3O2/c20-17-10-22-18(23-11-17)24-7-8-26-19(14-24)5-1-4-16(19)13-25-12-15-3-2-6-21-9-15;3-2(4,5)1(6)7/h2-3,6,9-11,16H,1,4-5,7-8,12-14H2;(H,6,7)/t16-,19-;/m1./s1. The normalized spacial score (nSPS) is 22.7. The van der Waals surface area contributed by atoms with Gasteiger partial charge in [-0.25, -0.2) is 19.2 Å². The molecule has 0 unspecified atom stereocenters. The molecule has 2 fully saturated rings. The first kappa shape index (κ1) is 24.8. The first-order valence-corrected chi connectivity index (χ1v) is 10.3. The molecule has 2 aromatic heterocycles. The van der Waals surface area contributed by atoms with E-state index in [0.717, 1.165) is 37.9 Å². The van der Waals surface area contributed by atoms with Gasteiger partial charge in [0.1, 0.15) is 0 Å². The maximum atomic E-state index is 13.1. The Morgan fingerprint density at radius 3 is 2.67 bits per heavy atom. The molecule has 1 aliphatic heterocycles. The van der Waals surface area contributed by atoms with Crippen LogP contribution < -0.4 is 4.90 Å². The third-order valence-electron chi connectivity index (χ3n) is 5.55. The third kappa shape index (κ3) is 6.81. The number of anilines is 1. The van der Waals surface area contributed by atoms with E-state index in [4.69, 9.17) is 19.4 Å². The monoisotopic (exact) mass is 472 g/mol. The van der Waals surface area contributed by atoms with Crippen molar-refractivity contribution in [3.05, 3.63) is 48.3 Å². The number of alkyl halides is 3. The SMILES string of the molecule is Fc1cnc(N2CCO[C@]3(CCC[C@@H]3COCc3cccnc3)C2)nc1.O=C(O)C(F)(F)F. The molecule has 0 amide bonds. The molecular weight excluding hydrogens is 448 g/mol. The van der Waals surface area contributed by atoms with Crippen molar-refractivity contribution in [2.45, 2.75) is 37.6 Å². The van der Waals surface area contributed by atoms with E-state index in [-0.39, 0.29) is 5.60 Å². The molecule has 0 bridgehead atoms. The molecular formula is C21H24F4N4O4. The van der Waals surface area contributed by atoms with E-state index in [1.54, 1.807) is 6.20 Å². The van der Waals surface area contributed by atoms with E-state index in [1.165, 1.54) is 12.4 Å². The van der Waals surface area contributed by atoms with Gasteiger partial charge >= 0.3 is 12.1 Å². The number of nitrogens with zero attached hydrogens (tertiary/aromatic N) is 4. The smallest absolute Gasteiger partial charge is 0.475 e. The molecule has 1 N–H and O–H groups in total. The number of carboxylic acids is 1. The minimum Gasteiger partial charge on any atom is -0.475 e. The van der Waals surface area contributed by atoms with Gasteiger partial charge in [0.2, 0.25) is 5.95 Å². The Hall–Kier alpha value is -2.86. The van der Waals surface area contributed by atoms with Crippen LogP contribution in [0.1, 0.15) is 24.8 Å². The van der Waals surface area contributed by atoms with Crippen LogP contribution in [0.2, 0.25) is 0 Å². The summed E-state index contributed by atoms with van der Waals surface area (Å²) in [6.45, 7) is 3.29. The van der Waals surface area contributed by atoms with Crippen molar-refractivity contribution in [2.24, 2.45) is 5.92 Å². The number of carboxylic acid groups (broad SMARTS) is 1. The molecule has 4 rings (SSSR count). The fourth-order valence-corrected chi connectivity index (χ4v) is 4.00. The number of aromatic nitrogens is 3. The van der Waals surface area contributed by atoms with E-state index in [0.29, 0.717) is 31.7 Å². The highest BCUT2D eigenvalue weighted by Gasteiger charge is 2.47. The Kier molecular flexibility index (Phi) is 8.14. The highest BCUT2D eigenvalue weighted by Crippen LogP contribution is 2.41. The maximum absolute atomic E-state index is 13.1. The van der Waals surface area contributed by atoms with Crippen LogP contribution in [0.25, 0.3) is 0 Å². The number of hydrogen-bond acceptors (Lipinski definition) is 7. The lowest BCUT2D eigenvalue weighted by Gasteiger charge is -2.44. The summed E-state index contributed by atoms with van der Waals surface area (Å²) < 4.78 is 57.1. The second-order valence-corrected chi connectivity index (χ2v) is 7.80. The summed E-state index contributed by atoms with van der Waals surface area (Å²) in [6, 6.07) is 3.93. The molecule has 180 valence electrons. The predicted molar refractivity (Wildman–Crippen MR) is 108 cm³/mol. The van der Waals surface area contributed by atoms with Gasteiger partial charge in [0, 0.05) is 24.9 Å². The molecule has 1 saturated heterocycles. The van der Waals surface area contributed by atoms with Gasteiger partial charge < -0.3 is 19.5 Å². The van der Waals surface area contributed by atoms with Gasteiger partial charge in [0.25, 0.3) is 0 Å². The van der Waals surface area contributed by atoms with Crippen LogP contribution in [0.3, 0.4) is 0 Å². The van der Waals surface area contributed by atoms with Gasteiger partial charge in [-0.15, -0.1) is 0 Å². The zero-order valence-corrected chi connectivity index (χ0v) is 17.7. The van der Waals surface area contributed by atoms with Crippen molar-refractivity contribution in [2.75, 3.05) is 31.2 Å². The number of hydrogen-bond donors (Lipinski definition) is 1. The van der Waals surface area contributed by atoms with E-state index < -0.39 is 18.0 Å². The topological polar surface area (TPSA) is 97.7 Å². The van der Waals surface area contributed by atoms with Gasteiger partial charge in [-0.05, 0) is 24.5 Å². The lowest BCUT2D eigenvalue weighted by atomic mass is 9.89. The highest BCUT2D eigenvalue weighted by atomic mass is 19.4.